The number of hydrogen-bond acceptors (Lipinski definition) is 2. The van der Waals surface area contributed by atoms with Crippen molar-refractivity contribution in [2.24, 2.45) is 4.99 Å². The smallest absolute Gasteiger partial charge is 0.119 e. The number of para-hydroxylation sites is 1. The lowest BCUT2D eigenvalue weighted by atomic mass is 10.2. The summed E-state index contributed by atoms with van der Waals surface area (Å²) in [6.07, 6.45) is 1.83. The zero-order valence-corrected chi connectivity index (χ0v) is 9.13. The molecular formula is C14H13NO. The van der Waals surface area contributed by atoms with E-state index in [2.05, 4.69) is 4.99 Å². The number of ether oxygens (including phenoxy) is 1. The van der Waals surface area contributed by atoms with Crippen molar-refractivity contribution in [3.63, 3.8) is 0 Å². The van der Waals surface area contributed by atoms with Crippen LogP contribution in [0.15, 0.2) is 59.6 Å². The van der Waals surface area contributed by atoms with E-state index in [1.807, 2.05) is 60.8 Å². The normalized spacial score (nSPS) is 10.6. The summed E-state index contributed by atoms with van der Waals surface area (Å²) in [5, 5.41) is 0. The van der Waals surface area contributed by atoms with Gasteiger partial charge in [-0.15, -0.1) is 0 Å². The van der Waals surface area contributed by atoms with E-state index in [0.29, 0.717) is 0 Å². The van der Waals surface area contributed by atoms with Crippen molar-refractivity contribution in [2.75, 3.05) is 7.11 Å². The topological polar surface area (TPSA) is 21.6 Å². The zero-order chi connectivity index (χ0) is 11.2. The summed E-state index contributed by atoms with van der Waals surface area (Å²) < 4.78 is 5.15. The summed E-state index contributed by atoms with van der Waals surface area (Å²) in [6, 6.07) is 17.7. The third kappa shape index (κ3) is 2.70. The molecule has 0 saturated heterocycles. The van der Waals surface area contributed by atoms with Gasteiger partial charge in [0.1, 0.15) is 5.75 Å². The van der Waals surface area contributed by atoms with Crippen molar-refractivity contribution < 1.29 is 4.74 Å². The molecular weight excluding hydrogens is 198 g/mol. The molecule has 0 aliphatic carbocycles. The van der Waals surface area contributed by atoms with Gasteiger partial charge in [0.15, 0.2) is 0 Å². The van der Waals surface area contributed by atoms with Gasteiger partial charge in [-0.2, -0.15) is 0 Å². The Kier molecular flexibility index (Phi) is 3.34. The quantitative estimate of drug-likeness (QED) is 0.712. The van der Waals surface area contributed by atoms with Crippen LogP contribution in [0, 0.1) is 0 Å². The van der Waals surface area contributed by atoms with Crippen molar-refractivity contribution >= 4 is 11.9 Å². The first-order valence-corrected chi connectivity index (χ1v) is 5.11. The Morgan fingerprint density at radius 3 is 2.56 bits per heavy atom. The lowest BCUT2D eigenvalue weighted by Crippen LogP contribution is -1.85. The molecule has 80 valence electrons. The first-order valence-electron chi connectivity index (χ1n) is 5.11. The molecule has 0 aliphatic rings. The van der Waals surface area contributed by atoms with Crippen LogP contribution in [0.1, 0.15) is 5.56 Å². The molecule has 0 fully saturated rings. The van der Waals surface area contributed by atoms with Crippen LogP contribution in [0.5, 0.6) is 5.75 Å². The van der Waals surface area contributed by atoms with Gasteiger partial charge in [-0.3, -0.25) is 4.99 Å². The summed E-state index contributed by atoms with van der Waals surface area (Å²) in [5.41, 5.74) is 1.98. The van der Waals surface area contributed by atoms with Crippen LogP contribution < -0.4 is 4.74 Å². The van der Waals surface area contributed by atoms with Crippen LogP contribution in [0.3, 0.4) is 0 Å². The molecule has 0 radical (unpaired) electrons. The van der Waals surface area contributed by atoms with E-state index in [1.54, 1.807) is 7.11 Å². The van der Waals surface area contributed by atoms with Gasteiger partial charge in [0, 0.05) is 6.21 Å². The molecule has 0 saturated carbocycles. The predicted molar refractivity (Wildman–Crippen MR) is 66.7 cm³/mol. The lowest BCUT2D eigenvalue weighted by molar-refractivity contribution is 0.415. The molecule has 2 aromatic carbocycles. The van der Waals surface area contributed by atoms with Gasteiger partial charge >= 0.3 is 0 Å². The number of hydrogen-bond donors (Lipinski definition) is 0. The van der Waals surface area contributed by atoms with Crippen LogP contribution in [-0.4, -0.2) is 13.3 Å². The van der Waals surface area contributed by atoms with E-state index in [-0.39, 0.29) is 0 Å². The van der Waals surface area contributed by atoms with E-state index in [1.165, 1.54) is 0 Å². The molecule has 0 N–H and O–H groups in total. The zero-order valence-electron chi connectivity index (χ0n) is 9.13. The Morgan fingerprint density at radius 2 is 1.81 bits per heavy atom. The van der Waals surface area contributed by atoms with E-state index in [9.17, 15) is 0 Å². The molecule has 0 bridgehead atoms. The highest BCUT2D eigenvalue weighted by atomic mass is 16.5. The Balaban J connectivity index is 2.17. The minimum Gasteiger partial charge on any atom is -0.497 e. The Hall–Kier alpha value is -2.09. The molecule has 0 spiro atoms. The minimum atomic E-state index is 0.844. The molecule has 2 nitrogen and oxygen atoms in total. The molecule has 2 rings (SSSR count). The Bertz CT molecular complexity index is 477. The molecule has 0 aromatic heterocycles. The second kappa shape index (κ2) is 5.12. The highest BCUT2D eigenvalue weighted by Gasteiger charge is 1.92. The minimum absolute atomic E-state index is 0.844. The number of rotatable bonds is 3. The molecule has 16 heavy (non-hydrogen) atoms. The predicted octanol–water partition coefficient (Wildman–Crippen LogP) is 3.45. The molecule has 0 atom stereocenters. The summed E-state index contributed by atoms with van der Waals surface area (Å²) in [6.45, 7) is 0. The van der Waals surface area contributed by atoms with Crippen LogP contribution in [0.25, 0.3) is 0 Å². The van der Waals surface area contributed by atoms with E-state index < -0.39 is 0 Å². The molecule has 2 heteroatoms. The first-order chi connectivity index (χ1) is 7.88. The van der Waals surface area contributed by atoms with Crippen molar-refractivity contribution in [2.45, 2.75) is 0 Å². The molecule has 0 unspecified atom stereocenters. The van der Waals surface area contributed by atoms with Crippen molar-refractivity contribution in [1.82, 2.24) is 0 Å². The van der Waals surface area contributed by atoms with Gasteiger partial charge in [-0.25, -0.2) is 0 Å². The Morgan fingerprint density at radius 1 is 1.00 bits per heavy atom. The first kappa shape index (κ1) is 10.4. The monoisotopic (exact) mass is 211 g/mol. The molecule has 0 heterocycles. The molecule has 0 aliphatic heterocycles. The fourth-order valence-electron chi connectivity index (χ4n) is 1.38. The standard InChI is InChI=1S/C14H13NO/c1-16-14-9-5-6-12(10-14)11-15-13-7-3-2-4-8-13/h2-11H,1H3. The third-order valence-electron chi connectivity index (χ3n) is 2.21. The number of benzene rings is 2. The highest BCUT2D eigenvalue weighted by molar-refractivity contribution is 5.82. The fraction of sp³-hybridized carbons (Fsp3) is 0.0714. The average Bonchev–Trinajstić information content (AvgIpc) is 2.38. The van der Waals surface area contributed by atoms with Gasteiger partial charge in [0.25, 0.3) is 0 Å². The number of methoxy groups -OCH3 is 1. The van der Waals surface area contributed by atoms with Crippen LogP contribution in [0.2, 0.25) is 0 Å². The second-order valence-electron chi connectivity index (χ2n) is 3.37. The average molecular weight is 211 g/mol. The maximum atomic E-state index is 5.15. The molecule has 0 amide bonds. The van der Waals surface area contributed by atoms with Crippen LogP contribution in [0.4, 0.5) is 5.69 Å². The SMILES string of the molecule is COc1cccc(C=Nc2ccccc2)c1. The van der Waals surface area contributed by atoms with Crippen LogP contribution in [-0.2, 0) is 0 Å². The van der Waals surface area contributed by atoms with Crippen molar-refractivity contribution in [3.8, 4) is 5.75 Å². The van der Waals surface area contributed by atoms with Gasteiger partial charge in [0.05, 0.1) is 12.8 Å². The van der Waals surface area contributed by atoms with Gasteiger partial charge < -0.3 is 4.74 Å². The summed E-state index contributed by atoms with van der Waals surface area (Å²) in [4.78, 5) is 4.37. The van der Waals surface area contributed by atoms with E-state index in [0.717, 1.165) is 17.0 Å². The maximum Gasteiger partial charge on any atom is 0.119 e. The largest absolute Gasteiger partial charge is 0.497 e. The van der Waals surface area contributed by atoms with Crippen molar-refractivity contribution in [1.29, 1.82) is 0 Å². The lowest BCUT2D eigenvalue weighted by Gasteiger charge is -1.99. The number of nitrogens with zero attached hydrogens (tertiary/aromatic N) is 1. The summed E-state index contributed by atoms with van der Waals surface area (Å²) in [7, 11) is 1.66. The summed E-state index contributed by atoms with van der Waals surface area (Å²) >= 11 is 0. The number of aliphatic imine (C=N–C) groups is 1. The summed E-state index contributed by atoms with van der Waals surface area (Å²) in [5.74, 6) is 0.844. The molecule has 2 aromatic rings. The van der Waals surface area contributed by atoms with Crippen molar-refractivity contribution in [3.05, 3.63) is 60.2 Å². The van der Waals surface area contributed by atoms with E-state index in [4.69, 9.17) is 4.74 Å². The van der Waals surface area contributed by atoms with Gasteiger partial charge in [0.2, 0.25) is 0 Å². The van der Waals surface area contributed by atoms with Gasteiger partial charge in [-0.05, 0) is 29.8 Å². The van der Waals surface area contributed by atoms with Gasteiger partial charge in [-0.1, -0.05) is 30.3 Å². The fourth-order valence-corrected chi connectivity index (χ4v) is 1.38. The highest BCUT2D eigenvalue weighted by Crippen LogP contribution is 2.13. The maximum absolute atomic E-state index is 5.15. The second-order valence-corrected chi connectivity index (χ2v) is 3.37. The third-order valence-corrected chi connectivity index (χ3v) is 2.21. The Labute approximate surface area is 95.2 Å². The van der Waals surface area contributed by atoms with Crippen LogP contribution >= 0.6 is 0 Å². The van der Waals surface area contributed by atoms with E-state index >= 15 is 0 Å².